The molecule has 3 heterocycles. The molecule has 308 valence electrons. The Morgan fingerprint density at radius 2 is 1.44 bits per heavy atom. The van der Waals surface area contributed by atoms with Crippen LogP contribution in [0.3, 0.4) is 0 Å². The molecule has 8 rings (SSSR count). The van der Waals surface area contributed by atoms with Crippen LogP contribution in [-0.2, 0) is 33.2 Å². The molecular weight excluding hydrogens is 700 g/mol. The summed E-state index contributed by atoms with van der Waals surface area (Å²) in [6.45, 7) is 14.9. The molecule has 13 nitrogen and oxygen atoms in total. The van der Waals surface area contributed by atoms with Crippen LogP contribution in [0.5, 0.6) is 0 Å². The highest BCUT2D eigenvalue weighted by Crippen LogP contribution is 2.89. The number of hydrogen-bond acceptors (Lipinski definition) is 13. The van der Waals surface area contributed by atoms with E-state index in [1.165, 1.54) is 0 Å². The first kappa shape index (κ1) is 40.0. The molecule has 0 bridgehead atoms. The number of carbonyl (C=O) groups excluding carboxylic acids is 1. The van der Waals surface area contributed by atoms with Gasteiger partial charge < -0.3 is 59.1 Å². The molecule has 20 atom stereocenters. The number of rotatable bonds is 7. The van der Waals surface area contributed by atoms with E-state index in [2.05, 4.69) is 34.6 Å². The summed E-state index contributed by atoms with van der Waals surface area (Å²) >= 11 is 0. The van der Waals surface area contributed by atoms with Gasteiger partial charge in [0, 0.05) is 19.4 Å². The Kier molecular flexibility index (Phi) is 9.70. The van der Waals surface area contributed by atoms with Crippen LogP contribution in [0, 0.1) is 56.7 Å². The van der Waals surface area contributed by atoms with Crippen molar-refractivity contribution < 1.29 is 63.9 Å². The van der Waals surface area contributed by atoms with Crippen LogP contribution in [0.4, 0.5) is 0 Å². The summed E-state index contributed by atoms with van der Waals surface area (Å²) in [6.07, 6.45) is -5.01. The smallest absolute Gasteiger partial charge is 0.229 e. The maximum atomic E-state index is 13.6. The van der Waals surface area contributed by atoms with Gasteiger partial charge in [0.1, 0.15) is 36.6 Å². The number of methoxy groups -OCH3 is 1. The molecule has 6 N–H and O–H groups in total. The van der Waals surface area contributed by atoms with Crippen molar-refractivity contribution in [3.05, 3.63) is 0 Å². The van der Waals surface area contributed by atoms with E-state index in [-0.39, 0.29) is 70.6 Å². The van der Waals surface area contributed by atoms with Gasteiger partial charge in [-0.2, -0.15) is 0 Å². The number of fused-ring (bicyclic) bond motifs is 4. The maximum Gasteiger partial charge on any atom is 0.229 e. The largest absolute Gasteiger partial charge is 0.393 e. The van der Waals surface area contributed by atoms with Gasteiger partial charge in [-0.15, -0.1) is 0 Å². The molecule has 0 aromatic heterocycles. The zero-order valence-corrected chi connectivity index (χ0v) is 33.3. The average molecular weight is 767 g/mol. The standard InChI is InChI=1S/C41H66O13/c1-19(2)33(48)41(49-8)14-20(3)27-24(54-41)15-38(7)25-13-21(42)32-36(4,5)26(9-10-40(32)18-39(25,40)12-11-37(27,38)6)52-35-31(29(46)23(44)17-51-35)53-34-30(47)28(45)22(43)16-50-34/h19-32,34-35,42-47H,9-18H2,1-8H3. The molecule has 8 fully saturated rings. The molecule has 3 saturated heterocycles. The molecule has 0 radical (unpaired) electrons. The molecule has 3 aliphatic heterocycles. The topological polar surface area (TPSA) is 194 Å². The second-order valence-corrected chi connectivity index (χ2v) is 20.3. The third-order valence-electron chi connectivity index (χ3n) is 17.3. The highest BCUT2D eigenvalue weighted by Gasteiger charge is 2.85. The number of Topliss-reactive ketones (excluding diaryl/α,β-unsaturated/α-hetero) is 1. The molecule has 54 heavy (non-hydrogen) atoms. The van der Waals surface area contributed by atoms with E-state index >= 15 is 0 Å². The Balaban J connectivity index is 1.03. The van der Waals surface area contributed by atoms with Crippen LogP contribution < -0.4 is 0 Å². The monoisotopic (exact) mass is 766 g/mol. The molecule has 5 aliphatic carbocycles. The summed E-state index contributed by atoms with van der Waals surface area (Å²) in [5, 5.41) is 64.7. The van der Waals surface area contributed by atoms with Gasteiger partial charge in [-0.05, 0) is 95.7 Å². The Hall–Kier alpha value is -0.810. The van der Waals surface area contributed by atoms with E-state index in [1.807, 2.05) is 13.8 Å². The minimum Gasteiger partial charge on any atom is -0.393 e. The molecule has 2 spiro atoms. The van der Waals surface area contributed by atoms with Gasteiger partial charge in [0.15, 0.2) is 18.4 Å². The van der Waals surface area contributed by atoms with E-state index in [1.54, 1.807) is 7.11 Å². The highest BCUT2D eigenvalue weighted by molar-refractivity contribution is 5.87. The van der Waals surface area contributed by atoms with Gasteiger partial charge >= 0.3 is 0 Å². The highest BCUT2D eigenvalue weighted by atomic mass is 16.8. The van der Waals surface area contributed by atoms with Crippen molar-refractivity contribution in [2.24, 2.45) is 56.7 Å². The van der Waals surface area contributed by atoms with Gasteiger partial charge in [0.2, 0.25) is 5.79 Å². The predicted molar refractivity (Wildman–Crippen MR) is 191 cm³/mol. The first-order chi connectivity index (χ1) is 25.2. The van der Waals surface area contributed by atoms with Gasteiger partial charge in [0.25, 0.3) is 0 Å². The summed E-state index contributed by atoms with van der Waals surface area (Å²) in [5.41, 5.74) is -0.575. The lowest BCUT2D eigenvalue weighted by Crippen LogP contribution is -2.64. The zero-order valence-electron chi connectivity index (χ0n) is 33.3. The minimum absolute atomic E-state index is 0.0102. The van der Waals surface area contributed by atoms with Crippen LogP contribution in [-0.4, -0.2) is 130 Å². The fourth-order valence-electron chi connectivity index (χ4n) is 14.7. The quantitative estimate of drug-likeness (QED) is 0.207. The summed E-state index contributed by atoms with van der Waals surface area (Å²) in [5.74, 6) is -0.622. The first-order valence-electron chi connectivity index (χ1n) is 20.6. The lowest BCUT2D eigenvalue weighted by molar-refractivity contribution is -0.356. The molecule has 20 unspecified atom stereocenters. The summed E-state index contributed by atoms with van der Waals surface area (Å²) in [4.78, 5) is 13.6. The number of aliphatic hydroxyl groups excluding tert-OH is 6. The Bertz CT molecular complexity index is 1460. The van der Waals surface area contributed by atoms with Crippen LogP contribution in [0.25, 0.3) is 0 Å². The third-order valence-corrected chi connectivity index (χ3v) is 17.3. The second-order valence-electron chi connectivity index (χ2n) is 20.3. The average Bonchev–Trinajstić information content (AvgIpc) is 3.69. The van der Waals surface area contributed by atoms with Crippen molar-refractivity contribution in [2.45, 2.75) is 173 Å². The van der Waals surface area contributed by atoms with Crippen LogP contribution in [0.2, 0.25) is 0 Å². The Labute approximate surface area is 319 Å². The van der Waals surface area contributed by atoms with Crippen molar-refractivity contribution in [1.29, 1.82) is 0 Å². The second kappa shape index (κ2) is 13.1. The van der Waals surface area contributed by atoms with Gasteiger partial charge in [-0.25, -0.2) is 0 Å². The number of carbonyl (C=O) groups is 1. The van der Waals surface area contributed by atoms with E-state index in [0.29, 0.717) is 31.1 Å². The molecule has 0 aromatic rings. The third kappa shape index (κ3) is 5.29. The number of ketones is 1. The fourth-order valence-corrected chi connectivity index (χ4v) is 14.7. The van der Waals surface area contributed by atoms with Gasteiger partial charge in [-0.3, -0.25) is 4.79 Å². The zero-order chi connectivity index (χ0) is 39.1. The molecule has 8 aliphatic rings. The minimum atomic E-state index is -1.59. The fraction of sp³-hybridized carbons (Fsp3) is 0.976. The number of hydrogen-bond donors (Lipinski definition) is 6. The molecule has 13 heteroatoms. The molecular formula is C41H66O13. The molecule has 5 saturated carbocycles. The first-order valence-corrected chi connectivity index (χ1v) is 20.6. The van der Waals surface area contributed by atoms with Gasteiger partial charge in [-0.1, -0.05) is 48.5 Å². The number of aliphatic hydroxyl groups is 6. The maximum absolute atomic E-state index is 13.6. The lowest BCUT2D eigenvalue weighted by Gasteiger charge is -2.64. The lowest BCUT2D eigenvalue weighted by atomic mass is 9.41. The van der Waals surface area contributed by atoms with E-state index in [0.717, 1.165) is 32.1 Å². The SMILES string of the molecule is COC1(C(=O)C(C)C)CC(C)C2C(CC3(C)C4CC(O)C5C(C)(C)C(OC6OCC(O)C(O)C6OC6OCC(O)C(O)C6O)CCC56CC46CCC23C)O1. The van der Waals surface area contributed by atoms with Crippen LogP contribution in [0.15, 0.2) is 0 Å². The van der Waals surface area contributed by atoms with Crippen molar-refractivity contribution in [2.75, 3.05) is 20.3 Å². The van der Waals surface area contributed by atoms with E-state index < -0.39 is 66.5 Å². The van der Waals surface area contributed by atoms with Crippen LogP contribution >= 0.6 is 0 Å². The van der Waals surface area contributed by atoms with Crippen molar-refractivity contribution in [3.63, 3.8) is 0 Å². The van der Waals surface area contributed by atoms with Gasteiger partial charge in [0.05, 0.1) is 31.5 Å². The summed E-state index contributed by atoms with van der Waals surface area (Å²) in [7, 11) is 1.60. The summed E-state index contributed by atoms with van der Waals surface area (Å²) < 4.78 is 36.9. The molecule has 0 aromatic carbocycles. The van der Waals surface area contributed by atoms with Crippen LogP contribution in [0.1, 0.15) is 99.8 Å². The normalized spacial score (nSPS) is 57.6. The van der Waals surface area contributed by atoms with E-state index in [9.17, 15) is 35.4 Å². The Morgan fingerprint density at radius 3 is 2.11 bits per heavy atom. The van der Waals surface area contributed by atoms with Crippen molar-refractivity contribution >= 4 is 5.78 Å². The van der Waals surface area contributed by atoms with Crippen molar-refractivity contribution in [1.82, 2.24) is 0 Å². The Morgan fingerprint density at radius 1 is 0.778 bits per heavy atom. The molecule has 0 amide bonds. The summed E-state index contributed by atoms with van der Waals surface area (Å²) in [6, 6.07) is 0. The van der Waals surface area contributed by atoms with E-state index in [4.69, 9.17) is 28.4 Å². The predicted octanol–water partition coefficient (Wildman–Crippen LogP) is 2.29. The number of ether oxygens (including phenoxy) is 6. The van der Waals surface area contributed by atoms with Crippen molar-refractivity contribution in [3.8, 4) is 0 Å².